The van der Waals surface area contributed by atoms with Crippen molar-refractivity contribution in [2.45, 2.75) is 24.8 Å². The van der Waals surface area contributed by atoms with Gasteiger partial charge in [0.15, 0.2) is 10.9 Å². The third-order valence-electron chi connectivity index (χ3n) is 7.44. The fraction of sp³-hybridized carbons (Fsp3) is 0.423. The number of likely N-dealkylation sites (N-methyl/N-ethyl adjacent to an activating group) is 1. The number of nitrogens with zero attached hydrogens (tertiary/aromatic N) is 5. The average molecular weight is 598 g/mol. The minimum atomic E-state index is -4.99. The molecule has 4 heterocycles. The van der Waals surface area contributed by atoms with E-state index in [2.05, 4.69) is 20.3 Å². The van der Waals surface area contributed by atoms with Gasteiger partial charge in [-0.3, -0.25) is 4.90 Å². The second-order valence-corrected chi connectivity index (χ2v) is 11.2. The van der Waals surface area contributed by atoms with Crippen LogP contribution in [0.3, 0.4) is 0 Å². The Morgan fingerprint density at radius 1 is 1.12 bits per heavy atom. The van der Waals surface area contributed by atoms with Gasteiger partial charge in [-0.1, -0.05) is 11.3 Å². The minimum Gasteiger partial charge on any atom is -0.462 e. The van der Waals surface area contributed by atoms with Gasteiger partial charge in [0, 0.05) is 55.3 Å². The molecule has 6 rings (SSSR count). The Kier molecular flexibility index (Phi) is 7.06. The van der Waals surface area contributed by atoms with Crippen LogP contribution in [0.5, 0.6) is 6.01 Å². The highest BCUT2D eigenvalue weighted by Crippen LogP contribution is 2.46. The van der Waals surface area contributed by atoms with Gasteiger partial charge in [0.05, 0.1) is 15.8 Å². The van der Waals surface area contributed by atoms with Crippen LogP contribution in [-0.4, -0.2) is 78.4 Å². The van der Waals surface area contributed by atoms with Gasteiger partial charge in [0.25, 0.3) is 0 Å². The number of alkyl halides is 4. The van der Waals surface area contributed by atoms with Crippen LogP contribution >= 0.6 is 11.3 Å². The predicted molar refractivity (Wildman–Crippen MR) is 144 cm³/mol. The number of rotatable bonds is 5. The number of nitrogens with two attached hydrogens (primary N) is 1. The second kappa shape index (κ2) is 10.4. The lowest BCUT2D eigenvalue weighted by molar-refractivity contribution is -0.137. The van der Waals surface area contributed by atoms with Crippen molar-refractivity contribution < 1.29 is 31.1 Å². The number of halogens is 6. The van der Waals surface area contributed by atoms with E-state index in [0.29, 0.717) is 26.2 Å². The normalized spacial score (nSPS) is 20.4. The number of hydrogen-bond donors (Lipinski definition) is 2. The molecule has 218 valence electrons. The van der Waals surface area contributed by atoms with E-state index in [1.165, 1.54) is 0 Å². The van der Waals surface area contributed by atoms with Crippen molar-refractivity contribution in [1.82, 2.24) is 25.2 Å². The van der Waals surface area contributed by atoms with Crippen molar-refractivity contribution in [2.24, 2.45) is 0 Å². The molecule has 0 saturated carbocycles. The molecular weight excluding hydrogens is 572 g/mol. The van der Waals surface area contributed by atoms with E-state index in [9.17, 15) is 22.0 Å². The number of benzene rings is 2. The fourth-order valence-corrected chi connectivity index (χ4v) is 6.20. The summed E-state index contributed by atoms with van der Waals surface area (Å²) in [7, 11) is 1.75. The van der Waals surface area contributed by atoms with E-state index in [-0.39, 0.29) is 63.7 Å². The Bertz CT molecular complexity index is 1620. The van der Waals surface area contributed by atoms with Crippen molar-refractivity contribution in [3.8, 4) is 17.1 Å². The lowest BCUT2D eigenvalue weighted by Gasteiger charge is -2.30. The number of nitrogen functional groups attached to an aromatic ring is 1. The molecule has 2 saturated heterocycles. The molecule has 2 aliphatic heterocycles. The number of anilines is 2. The van der Waals surface area contributed by atoms with Crippen molar-refractivity contribution in [1.29, 1.82) is 0 Å². The third-order valence-corrected chi connectivity index (χ3v) is 8.33. The van der Waals surface area contributed by atoms with E-state index < -0.39 is 40.6 Å². The van der Waals surface area contributed by atoms with Crippen LogP contribution in [0.2, 0.25) is 0 Å². The van der Waals surface area contributed by atoms with Gasteiger partial charge in [0.1, 0.15) is 29.9 Å². The zero-order valence-corrected chi connectivity index (χ0v) is 22.6. The van der Waals surface area contributed by atoms with Gasteiger partial charge >= 0.3 is 12.2 Å². The molecule has 2 fully saturated rings. The number of aromatic nitrogens is 3. The summed E-state index contributed by atoms with van der Waals surface area (Å²) in [6, 6.07) is 2.31. The summed E-state index contributed by atoms with van der Waals surface area (Å²) in [6.07, 6.45) is -5.77. The Morgan fingerprint density at radius 3 is 2.56 bits per heavy atom. The van der Waals surface area contributed by atoms with Crippen LogP contribution in [0.1, 0.15) is 12.0 Å². The van der Waals surface area contributed by atoms with Crippen molar-refractivity contribution in [3.05, 3.63) is 35.4 Å². The highest BCUT2D eigenvalue weighted by Gasteiger charge is 2.38. The van der Waals surface area contributed by atoms with E-state index in [1.807, 2.05) is 0 Å². The number of fused-ring (bicyclic) bond motifs is 2. The standard InChI is InChI=1S/C26H25F6N7OS/c1-38-10-12(27)8-13(38)11-40-25-36-20-15(23(37-25)39-6-4-34-5-7-39)9-16(26(30,31)32)18(19(20)29)14-2-3-17(28)22-21(14)35-24(33)41-22/h2-3,9,12-13,34H,4-8,10-11H2,1H3,(H2,33,35)/t12-,13+/m1/s1. The molecule has 0 unspecified atom stereocenters. The molecule has 0 amide bonds. The number of piperazine rings is 1. The molecule has 8 nitrogen and oxygen atoms in total. The number of nitrogens with one attached hydrogen (secondary N) is 1. The Labute approximate surface area is 234 Å². The molecule has 0 bridgehead atoms. The Balaban J connectivity index is 1.57. The minimum absolute atomic E-state index is 0.00914. The van der Waals surface area contributed by atoms with Crippen LogP contribution in [0.4, 0.5) is 37.3 Å². The van der Waals surface area contributed by atoms with E-state index >= 15 is 4.39 Å². The van der Waals surface area contributed by atoms with Crippen molar-refractivity contribution in [2.75, 3.05) is 57.0 Å². The summed E-state index contributed by atoms with van der Waals surface area (Å²) < 4.78 is 94.1. The molecule has 3 N–H and O–H groups in total. The largest absolute Gasteiger partial charge is 0.462 e. The maximum Gasteiger partial charge on any atom is 0.417 e. The zero-order valence-electron chi connectivity index (χ0n) is 21.7. The van der Waals surface area contributed by atoms with Gasteiger partial charge in [-0.2, -0.15) is 23.1 Å². The van der Waals surface area contributed by atoms with Crippen molar-refractivity contribution >= 4 is 43.4 Å². The number of ether oxygens (including phenoxy) is 1. The topological polar surface area (TPSA) is 92.4 Å². The molecule has 2 aromatic heterocycles. The Hall–Kier alpha value is -3.43. The molecule has 15 heteroatoms. The highest BCUT2D eigenvalue weighted by atomic mass is 32.1. The lowest BCUT2D eigenvalue weighted by Crippen LogP contribution is -2.44. The van der Waals surface area contributed by atoms with Crippen LogP contribution in [0.25, 0.3) is 32.2 Å². The maximum atomic E-state index is 16.5. The van der Waals surface area contributed by atoms with Crippen LogP contribution in [0.15, 0.2) is 18.2 Å². The Morgan fingerprint density at radius 2 is 1.88 bits per heavy atom. The molecule has 0 aliphatic carbocycles. The van der Waals surface area contributed by atoms with E-state index in [1.54, 1.807) is 16.8 Å². The molecule has 41 heavy (non-hydrogen) atoms. The SMILES string of the molecule is CN1C[C@H](F)C[C@H]1COc1nc(N2CCNCC2)c2cc(C(F)(F)F)c(-c3ccc(F)c4sc(N)nc34)c(F)c2n1. The van der Waals surface area contributed by atoms with E-state index in [4.69, 9.17) is 10.5 Å². The summed E-state index contributed by atoms with van der Waals surface area (Å²) in [5, 5.41) is 2.94. The summed E-state index contributed by atoms with van der Waals surface area (Å²) >= 11 is 0.752. The van der Waals surface area contributed by atoms with Gasteiger partial charge in [-0.15, -0.1) is 0 Å². The number of hydrogen-bond acceptors (Lipinski definition) is 9. The molecule has 4 aromatic rings. The average Bonchev–Trinajstić information content (AvgIpc) is 3.48. The van der Waals surface area contributed by atoms with Crippen molar-refractivity contribution in [3.63, 3.8) is 0 Å². The summed E-state index contributed by atoms with van der Waals surface area (Å²) in [6.45, 7) is 2.14. The van der Waals surface area contributed by atoms with Gasteiger partial charge in [-0.25, -0.2) is 18.2 Å². The number of likely N-dealkylation sites (tertiary alicyclic amines) is 1. The quantitative estimate of drug-likeness (QED) is 0.322. The van der Waals surface area contributed by atoms with Crippen LogP contribution in [0, 0.1) is 11.6 Å². The summed E-state index contributed by atoms with van der Waals surface area (Å²) in [5.74, 6) is -1.92. The molecule has 2 atom stereocenters. The monoisotopic (exact) mass is 597 g/mol. The third kappa shape index (κ3) is 5.10. The maximum absolute atomic E-state index is 16.5. The first-order valence-electron chi connectivity index (χ1n) is 12.9. The fourth-order valence-electron chi connectivity index (χ4n) is 5.43. The highest BCUT2D eigenvalue weighted by molar-refractivity contribution is 7.22. The summed E-state index contributed by atoms with van der Waals surface area (Å²) in [4.78, 5) is 16.1. The molecule has 2 aromatic carbocycles. The predicted octanol–water partition coefficient (Wildman–Crippen LogP) is 4.62. The van der Waals surface area contributed by atoms with E-state index in [0.717, 1.165) is 29.5 Å². The second-order valence-electron chi connectivity index (χ2n) is 10.1. The molecule has 2 aliphatic rings. The molecular formula is C26H25F6N7OS. The number of thiazole rings is 1. The zero-order chi connectivity index (χ0) is 29.1. The van der Waals surface area contributed by atoms with Crippen LogP contribution in [-0.2, 0) is 6.18 Å². The molecule has 0 spiro atoms. The smallest absolute Gasteiger partial charge is 0.417 e. The summed E-state index contributed by atoms with van der Waals surface area (Å²) in [5.41, 5.74) is 2.78. The molecule has 0 radical (unpaired) electrons. The van der Waals surface area contributed by atoms with Gasteiger partial charge in [-0.05, 0) is 31.7 Å². The van der Waals surface area contributed by atoms with Gasteiger partial charge in [0.2, 0.25) is 0 Å². The van der Waals surface area contributed by atoms with Gasteiger partial charge < -0.3 is 20.7 Å². The lowest BCUT2D eigenvalue weighted by atomic mass is 9.95. The first-order valence-corrected chi connectivity index (χ1v) is 13.7. The first-order chi connectivity index (χ1) is 19.5. The van der Waals surface area contributed by atoms with Crippen LogP contribution < -0.4 is 20.7 Å². The first kappa shape index (κ1) is 27.7.